The number of aromatic carboxylic acids is 1. The molecule has 2 atom stereocenters. The molecule has 20 heavy (non-hydrogen) atoms. The number of amides is 1. The lowest BCUT2D eigenvalue weighted by molar-refractivity contribution is -0.125. The van der Waals surface area contributed by atoms with Crippen LogP contribution in [0, 0.1) is 8.99 Å². The van der Waals surface area contributed by atoms with E-state index >= 15 is 0 Å². The second-order valence-electron chi connectivity index (χ2n) is 5.37. The number of anilines is 1. The number of rotatable bonds is 3. The van der Waals surface area contributed by atoms with Gasteiger partial charge >= 0.3 is 5.97 Å². The van der Waals surface area contributed by atoms with Gasteiger partial charge in [-0.25, -0.2) is 4.79 Å². The van der Waals surface area contributed by atoms with Crippen molar-refractivity contribution in [3.8, 4) is 0 Å². The number of halogens is 1. The summed E-state index contributed by atoms with van der Waals surface area (Å²) in [5.74, 6) is -1.26. The lowest BCUT2D eigenvalue weighted by Gasteiger charge is -2.27. The molecule has 108 valence electrons. The van der Waals surface area contributed by atoms with E-state index in [1.807, 2.05) is 29.5 Å². The van der Waals surface area contributed by atoms with Gasteiger partial charge in [0.05, 0.1) is 16.7 Å². The largest absolute Gasteiger partial charge is 0.478 e. The summed E-state index contributed by atoms with van der Waals surface area (Å²) < 4.78 is 0.807. The molecule has 0 saturated heterocycles. The Morgan fingerprint density at radius 1 is 1.50 bits per heavy atom. The van der Waals surface area contributed by atoms with Crippen LogP contribution in [-0.2, 0) is 4.79 Å². The fraction of sp³-hybridized carbons (Fsp3) is 0.429. The van der Waals surface area contributed by atoms with Gasteiger partial charge in [-0.2, -0.15) is 0 Å². The lowest BCUT2D eigenvalue weighted by Crippen LogP contribution is -2.44. The van der Waals surface area contributed by atoms with Crippen LogP contribution in [0.5, 0.6) is 0 Å². The van der Waals surface area contributed by atoms with Crippen LogP contribution < -0.4 is 11.1 Å². The van der Waals surface area contributed by atoms with E-state index in [-0.39, 0.29) is 17.5 Å². The molecule has 0 bridgehead atoms. The zero-order valence-electron chi connectivity index (χ0n) is 11.1. The molecule has 6 heteroatoms. The molecule has 0 heterocycles. The summed E-state index contributed by atoms with van der Waals surface area (Å²) in [5, 5.41) is 11.9. The minimum absolute atomic E-state index is 0.0976. The van der Waals surface area contributed by atoms with E-state index < -0.39 is 11.4 Å². The number of carboxylic acids is 1. The summed E-state index contributed by atoms with van der Waals surface area (Å²) in [5.41, 5.74) is 5.81. The van der Waals surface area contributed by atoms with E-state index in [0.29, 0.717) is 5.69 Å². The second kappa shape index (κ2) is 5.69. The van der Waals surface area contributed by atoms with Gasteiger partial charge < -0.3 is 16.2 Å². The molecule has 1 aromatic rings. The summed E-state index contributed by atoms with van der Waals surface area (Å²) in [6, 6.07) is 4.74. The van der Waals surface area contributed by atoms with Crippen molar-refractivity contribution >= 4 is 40.2 Å². The highest BCUT2D eigenvalue weighted by molar-refractivity contribution is 14.1. The molecule has 4 N–H and O–H groups in total. The predicted octanol–water partition coefficient (Wildman–Crippen LogP) is 2.45. The first-order chi connectivity index (χ1) is 9.34. The van der Waals surface area contributed by atoms with Gasteiger partial charge in [0.15, 0.2) is 0 Å². The van der Waals surface area contributed by atoms with Crippen LogP contribution >= 0.6 is 22.6 Å². The van der Waals surface area contributed by atoms with Crippen molar-refractivity contribution < 1.29 is 14.7 Å². The molecule has 1 aliphatic carbocycles. The Morgan fingerprint density at radius 3 is 2.75 bits per heavy atom. The van der Waals surface area contributed by atoms with E-state index in [1.165, 1.54) is 6.07 Å². The fourth-order valence-electron chi connectivity index (χ4n) is 2.54. The highest BCUT2D eigenvalue weighted by Crippen LogP contribution is 2.38. The summed E-state index contributed by atoms with van der Waals surface area (Å²) in [6.45, 7) is 1.84. The number of nitrogens with two attached hydrogens (primary N) is 1. The molecule has 2 unspecified atom stereocenters. The fourth-order valence-corrected chi connectivity index (χ4v) is 3.03. The minimum atomic E-state index is -1.06. The van der Waals surface area contributed by atoms with Crippen molar-refractivity contribution in [1.29, 1.82) is 0 Å². The van der Waals surface area contributed by atoms with Crippen molar-refractivity contribution in [3.05, 3.63) is 27.3 Å². The summed E-state index contributed by atoms with van der Waals surface area (Å²) in [6.07, 6.45) is 2.47. The quantitative estimate of drug-likeness (QED) is 0.694. The van der Waals surface area contributed by atoms with Crippen molar-refractivity contribution in [3.63, 3.8) is 0 Å². The van der Waals surface area contributed by atoms with Crippen LogP contribution in [0.25, 0.3) is 0 Å². The van der Waals surface area contributed by atoms with Gasteiger partial charge in [0.1, 0.15) is 0 Å². The maximum Gasteiger partial charge on any atom is 0.337 e. The third-order valence-corrected chi connectivity index (χ3v) is 4.68. The Kier molecular flexibility index (Phi) is 4.33. The minimum Gasteiger partial charge on any atom is -0.478 e. The van der Waals surface area contributed by atoms with E-state index in [0.717, 1.165) is 22.8 Å². The first-order valence-corrected chi connectivity index (χ1v) is 7.52. The summed E-state index contributed by atoms with van der Waals surface area (Å²) in [7, 11) is 0. The van der Waals surface area contributed by atoms with Gasteiger partial charge in [-0.3, -0.25) is 4.79 Å². The zero-order valence-corrected chi connectivity index (χ0v) is 13.3. The Bertz CT molecular complexity index is 561. The van der Waals surface area contributed by atoms with Crippen LogP contribution in [0.1, 0.15) is 36.5 Å². The number of hydrogen-bond acceptors (Lipinski definition) is 3. The average molecular weight is 388 g/mol. The van der Waals surface area contributed by atoms with Crippen molar-refractivity contribution in [2.45, 2.75) is 32.2 Å². The SMILES string of the molecule is CC1(C(=O)Nc2ccc(I)cc2C(=O)O)CCCC1N. The van der Waals surface area contributed by atoms with Crippen molar-refractivity contribution in [2.24, 2.45) is 11.1 Å². The van der Waals surface area contributed by atoms with Crippen molar-refractivity contribution in [2.75, 3.05) is 5.32 Å². The van der Waals surface area contributed by atoms with Crippen molar-refractivity contribution in [1.82, 2.24) is 0 Å². The first-order valence-electron chi connectivity index (χ1n) is 6.44. The molecule has 1 aliphatic rings. The standard InChI is InChI=1S/C14H17IN2O3/c1-14(6-2-3-11(14)16)13(20)17-10-5-4-8(15)7-9(10)12(18)19/h4-5,7,11H,2-3,6,16H2,1H3,(H,17,20)(H,18,19). The second-order valence-corrected chi connectivity index (χ2v) is 6.61. The van der Waals surface area contributed by atoms with Crippen LogP contribution in [0.2, 0.25) is 0 Å². The van der Waals surface area contributed by atoms with E-state index in [2.05, 4.69) is 5.32 Å². The maximum atomic E-state index is 12.4. The van der Waals surface area contributed by atoms with E-state index in [4.69, 9.17) is 5.73 Å². The molecule has 5 nitrogen and oxygen atoms in total. The van der Waals surface area contributed by atoms with Gasteiger partial charge in [0.25, 0.3) is 0 Å². The molecule has 0 radical (unpaired) electrons. The lowest BCUT2D eigenvalue weighted by atomic mass is 9.84. The molecule has 0 spiro atoms. The third kappa shape index (κ3) is 2.80. The molecular weight excluding hydrogens is 371 g/mol. The Hall–Kier alpha value is -1.15. The van der Waals surface area contributed by atoms with Crippen LogP contribution in [0.15, 0.2) is 18.2 Å². The third-order valence-electron chi connectivity index (χ3n) is 4.01. The average Bonchev–Trinajstić information content (AvgIpc) is 2.73. The number of benzene rings is 1. The van der Waals surface area contributed by atoms with Crippen LogP contribution in [0.3, 0.4) is 0 Å². The topological polar surface area (TPSA) is 92.4 Å². The maximum absolute atomic E-state index is 12.4. The van der Waals surface area contributed by atoms with Gasteiger partial charge in [-0.1, -0.05) is 6.42 Å². The smallest absolute Gasteiger partial charge is 0.337 e. The zero-order chi connectivity index (χ0) is 14.9. The Morgan fingerprint density at radius 2 is 2.20 bits per heavy atom. The van der Waals surface area contributed by atoms with Crippen LogP contribution in [-0.4, -0.2) is 23.0 Å². The number of hydrogen-bond donors (Lipinski definition) is 3. The molecule has 1 amide bonds. The molecular formula is C14H17IN2O3. The number of carbonyl (C=O) groups excluding carboxylic acids is 1. The predicted molar refractivity (Wildman–Crippen MR) is 84.7 cm³/mol. The molecule has 0 aromatic heterocycles. The van der Waals surface area contributed by atoms with E-state index in [9.17, 15) is 14.7 Å². The van der Waals surface area contributed by atoms with E-state index in [1.54, 1.807) is 12.1 Å². The number of nitrogens with one attached hydrogen (secondary N) is 1. The Labute approximate surface area is 131 Å². The number of carbonyl (C=O) groups is 2. The van der Waals surface area contributed by atoms with Gasteiger partial charge in [0.2, 0.25) is 5.91 Å². The molecule has 2 rings (SSSR count). The monoisotopic (exact) mass is 388 g/mol. The molecule has 1 fully saturated rings. The Balaban J connectivity index is 2.26. The van der Waals surface area contributed by atoms with Gasteiger partial charge in [-0.15, -0.1) is 0 Å². The van der Waals surface area contributed by atoms with Gasteiger partial charge in [0, 0.05) is 9.61 Å². The summed E-state index contributed by atoms with van der Waals surface area (Å²) >= 11 is 2.04. The highest BCUT2D eigenvalue weighted by Gasteiger charge is 2.43. The summed E-state index contributed by atoms with van der Waals surface area (Å²) in [4.78, 5) is 23.7. The van der Waals surface area contributed by atoms with Crippen LogP contribution in [0.4, 0.5) is 5.69 Å². The highest BCUT2D eigenvalue weighted by atomic mass is 127. The van der Waals surface area contributed by atoms with Gasteiger partial charge in [-0.05, 0) is 60.6 Å². The molecule has 1 saturated carbocycles. The normalized spacial score (nSPS) is 25.4. The molecule has 0 aliphatic heterocycles. The molecule has 1 aromatic carbocycles. The number of carboxylic acid groups (broad SMARTS) is 1. The first kappa shape index (κ1) is 15.2.